The predicted octanol–water partition coefficient (Wildman–Crippen LogP) is 4.82. The van der Waals surface area contributed by atoms with E-state index in [9.17, 15) is 4.79 Å². The Morgan fingerprint density at radius 3 is 2.68 bits per heavy atom. The van der Waals surface area contributed by atoms with E-state index in [1.807, 2.05) is 19.1 Å². The van der Waals surface area contributed by atoms with Crippen molar-refractivity contribution in [1.29, 1.82) is 0 Å². The minimum atomic E-state index is -0.291. The Balaban J connectivity index is 2.25. The number of benzene rings is 1. The summed E-state index contributed by atoms with van der Waals surface area (Å²) in [6, 6.07) is 7.15. The standard InChI is InChI=1S/C13H9Br2ClN2O/c1-7-4-11(16)9(6-17-7)13(19)18-12-3-2-8(14)5-10(12)15/h2-6H,1H3,(H,18,19). The number of amides is 1. The molecule has 0 aliphatic rings. The van der Waals surface area contributed by atoms with Gasteiger partial charge in [0, 0.05) is 20.8 Å². The summed E-state index contributed by atoms with van der Waals surface area (Å²) in [5, 5.41) is 3.17. The van der Waals surface area contributed by atoms with E-state index in [0.29, 0.717) is 16.3 Å². The Morgan fingerprint density at radius 2 is 2.05 bits per heavy atom. The van der Waals surface area contributed by atoms with E-state index in [0.717, 1.165) is 14.6 Å². The van der Waals surface area contributed by atoms with Crippen molar-refractivity contribution in [2.45, 2.75) is 6.92 Å². The zero-order valence-corrected chi connectivity index (χ0v) is 13.8. The maximum absolute atomic E-state index is 12.1. The largest absolute Gasteiger partial charge is 0.321 e. The van der Waals surface area contributed by atoms with E-state index >= 15 is 0 Å². The van der Waals surface area contributed by atoms with Crippen LogP contribution in [0.5, 0.6) is 0 Å². The molecule has 1 aromatic carbocycles. The van der Waals surface area contributed by atoms with E-state index in [4.69, 9.17) is 11.6 Å². The Hall–Kier alpha value is -0.910. The molecule has 1 aromatic heterocycles. The van der Waals surface area contributed by atoms with Crippen molar-refractivity contribution in [2.24, 2.45) is 0 Å². The molecule has 0 radical (unpaired) electrons. The molecule has 0 bridgehead atoms. The van der Waals surface area contributed by atoms with E-state index in [1.165, 1.54) is 6.20 Å². The summed E-state index contributed by atoms with van der Waals surface area (Å²) in [5.41, 5.74) is 1.79. The van der Waals surface area contributed by atoms with Crippen LogP contribution in [-0.4, -0.2) is 10.9 Å². The van der Waals surface area contributed by atoms with Crippen LogP contribution in [0.25, 0.3) is 0 Å². The lowest BCUT2D eigenvalue weighted by Crippen LogP contribution is -2.13. The number of rotatable bonds is 2. The molecule has 0 saturated carbocycles. The number of hydrogen-bond donors (Lipinski definition) is 1. The van der Waals surface area contributed by atoms with Gasteiger partial charge in [0.2, 0.25) is 0 Å². The number of nitrogens with zero attached hydrogens (tertiary/aromatic N) is 1. The minimum Gasteiger partial charge on any atom is -0.321 e. The van der Waals surface area contributed by atoms with Crippen molar-refractivity contribution in [3.05, 3.63) is 55.7 Å². The maximum Gasteiger partial charge on any atom is 0.258 e. The van der Waals surface area contributed by atoms with Crippen LogP contribution < -0.4 is 5.32 Å². The first kappa shape index (κ1) is 14.5. The van der Waals surface area contributed by atoms with E-state index in [1.54, 1.807) is 12.1 Å². The van der Waals surface area contributed by atoms with Crippen molar-refractivity contribution in [2.75, 3.05) is 5.32 Å². The molecule has 98 valence electrons. The van der Waals surface area contributed by atoms with Gasteiger partial charge in [-0.15, -0.1) is 0 Å². The molecular formula is C13H9Br2ClN2O. The Labute approximate surface area is 132 Å². The molecule has 0 spiro atoms. The quantitative estimate of drug-likeness (QED) is 0.780. The number of aromatic nitrogens is 1. The topological polar surface area (TPSA) is 42.0 Å². The van der Waals surface area contributed by atoms with Crippen molar-refractivity contribution >= 4 is 55.1 Å². The van der Waals surface area contributed by atoms with E-state index in [-0.39, 0.29) is 5.91 Å². The molecule has 1 heterocycles. The number of pyridine rings is 1. The third-order valence-electron chi connectivity index (χ3n) is 2.41. The molecule has 0 saturated heterocycles. The molecule has 1 amide bonds. The Kier molecular flexibility index (Phi) is 4.60. The molecule has 2 rings (SSSR count). The number of nitrogens with one attached hydrogen (secondary N) is 1. The summed E-state index contributed by atoms with van der Waals surface area (Å²) in [6.07, 6.45) is 1.47. The normalized spacial score (nSPS) is 10.3. The third kappa shape index (κ3) is 3.55. The summed E-state index contributed by atoms with van der Waals surface area (Å²) in [7, 11) is 0. The van der Waals surface area contributed by atoms with Gasteiger partial charge in [0.25, 0.3) is 5.91 Å². The van der Waals surface area contributed by atoms with Gasteiger partial charge in [0.1, 0.15) is 0 Å². The molecule has 0 atom stereocenters. The van der Waals surface area contributed by atoms with Crippen LogP contribution >= 0.6 is 43.5 Å². The molecule has 2 aromatic rings. The van der Waals surface area contributed by atoms with Gasteiger partial charge in [-0.2, -0.15) is 0 Å². The van der Waals surface area contributed by atoms with Gasteiger partial charge in [0.15, 0.2) is 0 Å². The monoisotopic (exact) mass is 402 g/mol. The summed E-state index contributed by atoms with van der Waals surface area (Å²) in [6.45, 7) is 1.82. The second-order valence-corrected chi connectivity index (χ2v) is 6.06. The van der Waals surface area contributed by atoms with Gasteiger partial charge in [-0.1, -0.05) is 27.5 Å². The maximum atomic E-state index is 12.1. The van der Waals surface area contributed by atoms with E-state index < -0.39 is 0 Å². The molecule has 0 aliphatic heterocycles. The van der Waals surface area contributed by atoms with Crippen LogP contribution in [-0.2, 0) is 0 Å². The third-order valence-corrected chi connectivity index (χ3v) is 3.88. The molecule has 0 aliphatic carbocycles. The van der Waals surface area contributed by atoms with Crippen LogP contribution in [0.4, 0.5) is 5.69 Å². The number of hydrogen-bond acceptors (Lipinski definition) is 2. The fourth-order valence-electron chi connectivity index (χ4n) is 1.47. The molecule has 0 unspecified atom stereocenters. The van der Waals surface area contributed by atoms with Gasteiger partial charge in [-0.25, -0.2) is 0 Å². The average molecular weight is 404 g/mol. The fourth-order valence-corrected chi connectivity index (χ4v) is 2.91. The highest BCUT2D eigenvalue weighted by atomic mass is 79.9. The van der Waals surface area contributed by atoms with Crippen LogP contribution in [0, 0.1) is 6.92 Å². The molecule has 3 nitrogen and oxygen atoms in total. The van der Waals surface area contributed by atoms with Gasteiger partial charge in [-0.3, -0.25) is 9.78 Å². The number of aryl methyl sites for hydroxylation is 1. The van der Waals surface area contributed by atoms with Crippen molar-refractivity contribution in [3.8, 4) is 0 Å². The van der Waals surface area contributed by atoms with Crippen LogP contribution in [0.2, 0.25) is 5.02 Å². The average Bonchev–Trinajstić information content (AvgIpc) is 2.32. The first-order chi connectivity index (χ1) is 8.97. The van der Waals surface area contributed by atoms with Crippen molar-refractivity contribution in [1.82, 2.24) is 4.98 Å². The lowest BCUT2D eigenvalue weighted by molar-refractivity contribution is 0.102. The SMILES string of the molecule is Cc1cc(Cl)c(C(=O)Nc2ccc(Br)cc2Br)cn1. The second-order valence-electron chi connectivity index (χ2n) is 3.88. The molecular weight excluding hydrogens is 395 g/mol. The zero-order valence-electron chi connectivity index (χ0n) is 9.88. The summed E-state index contributed by atoms with van der Waals surface area (Å²) >= 11 is 12.8. The fraction of sp³-hybridized carbons (Fsp3) is 0.0769. The summed E-state index contributed by atoms with van der Waals surface area (Å²) in [4.78, 5) is 16.2. The lowest BCUT2D eigenvalue weighted by atomic mass is 10.2. The lowest BCUT2D eigenvalue weighted by Gasteiger charge is -2.09. The Bertz CT molecular complexity index is 647. The highest BCUT2D eigenvalue weighted by Crippen LogP contribution is 2.27. The number of carbonyl (C=O) groups is 1. The minimum absolute atomic E-state index is 0.291. The number of anilines is 1. The van der Waals surface area contributed by atoms with Crippen molar-refractivity contribution < 1.29 is 4.79 Å². The molecule has 6 heteroatoms. The molecule has 1 N–H and O–H groups in total. The first-order valence-corrected chi connectivity index (χ1v) is 7.32. The number of carbonyl (C=O) groups excluding carboxylic acids is 1. The highest BCUT2D eigenvalue weighted by molar-refractivity contribution is 9.11. The highest BCUT2D eigenvalue weighted by Gasteiger charge is 2.12. The summed E-state index contributed by atoms with van der Waals surface area (Å²) < 4.78 is 1.71. The van der Waals surface area contributed by atoms with Gasteiger partial charge in [-0.05, 0) is 47.1 Å². The first-order valence-electron chi connectivity index (χ1n) is 5.36. The second kappa shape index (κ2) is 6.03. The predicted molar refractivity (Wildman–Crippen MR) is 83.8 cm³/mol. The molecule has 19 heavy (non-hydrogen) atoms. The van der Waals surface area contributed by atoms with Gasteiger partial charge < -0.3 is 5.32 Å². The van der Waals surface area contributed by atoms with Gasteiger partial charge in [0.05, 0.1) is 16.3 Å². The smallest absolute Gasteiger partial charge is 0.258 e. The van der Waals surface area contributed by atoms with E-state index in [2.05, 4.69) is 42.2 Å². The zero-order chi connectivity index (χ0) is 14.0. The number of halogens is 3. The van der Waals surface area contributed by atoms with Crippen LogP contribution in [0.15, 0.2) is 39.4 Å². The molecule has 0 fully saturated rings. The van der Waals surface area contributed by atoms with Crippen LogP contribution in [0.3, 0.4) is 0 Å². The van der Waals surface area contributed by atoms with Crippen molar-refractivity contribution in [3.63, 3.8) is 0 Å². The van der Waals surface area contributed by atoms with Crippen LogP contribution in [0.1, 0.15) is 16.1 Å². The summed E-state index contributed by atoms with van der Waals surface area (Å²) in [5.74, 6) is -0.291. The Morgan fingerprint density at radius 1 is 1.32 bits per heavy atom. The van der Waals surface area contributed by atoms with Gasteiger partial charge >= 0.3 is 0 Å².